The Morgan fingerprint density at radius 2 is 1.83 bits per heavy atom. The van der Waals surface area contributed by atoms with E-state index in [1.54, 1.807) is 0 Å². The Hall–Kier alpha value is -1.93. The van der Waals surface area contributed by atoms with Crippen LogP contribution in [-0.2, 0) is 12.7 Å². The van der Waals surface area contributed by atoms with Gasteiger partial charge in [0.2, 0.25) is 11.7 Å². The first-order chi connectivity index (χ1) is 10.9. The summed E-state index contributed by atoms with van der Waals surface area (Å²) in [5.41, 5.74) is -0.237. The molecule has 8 heteroatoms. The highest BCUT2D eigenvalue weighted by Gasteiger charge is 2.30. The van der Waals surface area contributed by atoms with Gasteiger partial charge in [-0.05, 0) is 25.0 Å². The van der Waals surface area contributed by atoms with Gasteiger partial charge in [0, 0.05) is 18.7 Å². The molecule has 0 amide bonds. The Bertz CT molecular complexity index is 647. The molecule has 2 aromatic rings. The molecule has 1 fully saturated rings. The van der Waals surface area contributed by atoms with Crippen molar-refractivity contribution < 1.29 is 22.8 Å². The maximum absolute atomic E-state index is 12.5. The second-order valence-electron chi connectivity index (χ2n) is 5.59. The Kier molecular flexibility index (Phi) is 4.36. The molecule has 0 radical (unpaired) electrons. The van der Waals surface area contributed by atoms with Crippen LogP contribution in [0, 0.1) is 0 Å². The van der Waals surface area contributed by atoms with Crippen molar-refractivity contribution in [1.82, 2.24) is 15.0 Å². The number of hydrogen-bond acceptors (Lipinski definition) is 5. The molecule has 1 N–H and O–H groups in total. The van der Waals surface area contributed by atoms with Crippen LogP contribution in [0.1, 0.15) is 24.3 Å². The molecule has 1 aliphatic rings. The number of nitrogens with zero attached hydrogens (tertiary/aromatic N) is 3. The van der Waals surface area contributed by atoms with Crippen LogP contribution >= 0.6 is 0 Å². The van der Waals surface area contributed by atoms with Crippen LogP contribution in [0.2, 0.25) is 0 Å². The minimum absolute atomic E-state index is 0.253. The van der Waals surface area contributed by atoms with E-state index in [9.17, 15) is 18.3 Å². The van der Waals surface area contributed by atoms with E-state index in [4.69, 9.17) is 4.52 Å². The second-order valence-corrected chi connectivity index (χ2v) is 5.59. The van der Waals surface area contributed by atoms with Crippen molar-refractivity contribution in [2.45, 2.75) is 31.7 Å². The van der Waals surface area contributed by atoms with Gasteiger partial charge in [-0.25, -0.2) is 0 Å². The molecule has 0 bridgehead atoms. The van der Waals surface area contributed by atoms with Crippen molar-refractivity contribution in [3.63, 3.8) is 0 Å². The van der Waals surface area contributed by atoms with Crippen LogP contribution in [0.3, 0.4) is 0 Å². The monoisotopic (exact) mass is 327 g/mol. The molecule has 0 saturated carbocycles. The first kappa shape index (κ1) is 15.9. The Balaban J connectivity index is 1.67. The highest BCUT2D eigenvalue weighted by Crippen LogP contribution is 2.30. The molecule has 23 heavy (non-hydrogen) atoms. The predicted molar refractivity (Wildman–Crippen MR) is 75.3 cm³/mol. The third kappa shape index (κ3) is 3.89. The van der Waals surface area contributed by atoms with E-state index in [1.807, 2.05) is 0 Å². The van der Waals surface area contributed by atoms with Gasteiger partial charge >= 0.3 is 6.18 Å². The largest absolute Gasteiger partial charge is 0.416 e. The zero-order valence-electron chi connectivity index (χ0n) is 12.3. The summed E-state index contributed by atoms with van der Waals surface area (Å²) < 4.78 is 42.8. The molecule has 1 aromatic heterocycles. The Morgan fingerprint density at radius 3 is 2.43 bits per heavy atom. The molecule has 2 heterocycles. The number of piperidine rings is 1. The molecule has 1 aromatic carbocycles. The highest BCUT2D eigenvalue weighted by atomic mass is 19.4. The van der Waals surface area contributed by atoms with Crippen LogP contribution in [-0.4, -0.2) is 39.3 Å². The Morgan fingerprint density at radius 1 is 1.17 bits per heavy atom. The standard InChI is InChI=1S/C15H16F3N3O2/c16-15(17,18)11-3-1-10(2-4-11)14-19-13(23-20-14)9-21-7-5-12(22)6-8-21/h1-4,12,22H,5-9H2. The van der Waals surface area contributed by atoms with Crippen LogP contribution < -0.4 is 0 Å². The number of alkyl halides is 3. The molecule has 1 saturated heterocycles. The van der Waals surface area contributed by atoms with Gasteiger partial charge in [-0.1, -0.05) is 17.3 Å². The summed E-state index contributed by atoms with van der Waals surface area (Å²) in [6.07, 6.45) is -3.20. The molecule has 0 atom stereocenters. The molecule has 0 aliphatic carbocycles. The summed E-state index contributed by atoms with van der Waals surface area (Å²) in [5.74, 6) is 0.682. The van der Waals surface area contributed by atoms with Crippen molar-refractivity contribution in [2.24, 2.45) is 0 Å². The van der Waals surface area contributed by atoms with Gasteiger partial charge in [0.05, 0.1) is 18.2 Å². The lowest BCUT2D eigenvalue weighted by atomic mass is 10.1. The average Bonchev–Trinajstić information content (AvgIpc) is 2.97. The zero-order valence-corrected chi connectivity index (χ0v) is 12.3. The van der Waals surface area contributed by atoms with Crippen molar-refractivity contribution >= 4 is 0 Å². The van der Waals surface area contributed by atoms with Crippen molar-refractivity contribution in [1.29, 1.82) is 0 Å². The lowest BCUT2D eigenvalue weighted by molar-refractivity contribution is -0.137. The van der Waals surface area contributed by atoms with Gasteiger partial charge < -0.3 is 9.63 Å². The zero-order chi connectivity index (χ0) is 16.4. The fourth-order valence-corrected chi connectivity index (χ4v) is 2.51. The number of likely N-dealkylation sites (tertiary alicyclic amines) is 1. The van der Waals surface area contributed by atoms with Gasteiger partial charge in [-0.3, -0.25) is 4.90 Å². The number of benzene rings is 1. The van der Waals surface area contributed by atoms with E-state index in [0.717, 1.165) is 25.2 Å². The van der Waals surface area contributed by atoms with Crippen LogP contribution in [0.5, 0.6) is 0 Å². The minimum atomic E-state index is -4.36. The van der Waals surface area contributed by atoms with Crippen LogP contribution in [0.25, 0.3) is 11.4 Å². The van der Waals surface area contributed by atoms with Crippen molar-refractivity contribution in [2.75, 3.05) is 13.1 Å². The molecule has 124 valence electrons. The molecule has 1 aliphatic heterocycles. The maximum atomic E-state index is 12.5. The fourth-order valence-electron chi connectivity index (χ4n) is 2.51. The van der Waals surface area contributed by atoms with E-state index >= 15 is 0 Å². The lowest BCUT2D eigenvalue weighted by Crippen LogP contribution is -2.35. The van der Waals surface area contributed by atoms with E-state index in [1.165, 1.54) is 12.1 Å². The first-order valence-corrected chi connectivity index (χ1v) is 7.32. The van der Waals surface area contributed by atoms with E-state index < -0.39 is 11.7 Å². The fraction of sp³-hybridized carbons (Fsp3) is 0.467. The quantitative estimate of drug-likeness (QED) is 0.939. The molecule has 3 rings (SSSR count). The number of hydrogen-bond donors (Lipinski definition) is 1. The number of rotatable bonds is 3. The van der Waals surface area contributed by atoms with Gasteiger partial charge in [0.25, 0.3) is 0 Å². The molecular formula is C15H16F3N3O2. The van der Waals surface area contributed by atoms with Gasteiger partial charge in [-0.15, -0.1) is 0 Å². The van der Waals surface area contributed by atoms with Crippen molar-refractivity contribution in [3.8, 4) is 11.4 Å². The summed E-state index contributed by atoms with van der Waals surface area (Å²) in [6.45, 7) is 1.97. The maximum Gasteiger partial charge on any atom is 0.416 e. The number of aliphatic hydroxyl groups is 1. The summed E-state index contributed by atoms with van der Waals surface area (Å²) in [7, 11) is 0. The van der Waals surface area contributed by atoms with E-state index in [2.05, 4.69) is 15.0 Å². The van der Waals surface area contributed by atoms with Gasteiger partial charge in [0.1, 0.15) is 0 Å². The molecule has 0 spiro atoms. The molecule has 5 nitrogen and oxygen atoms in total. The van der Waals surface area contributed by atoms with E-state index in [-0.39, 0.29) is 11.9 Å². The van der Waals surface area contributed by atoms with Crippen LogP contribution in [0.15, 0.2) is 28.8 Å². The number of halogens is 3. The predicted octanol–water partition coefficient (Wildman–Crippen LogP) is 2.71. The number of aliphatic hydroxyl groups excluding tert-OH is 1. The third-order valence-corrected chi connectivity index (χ3v) is 3.85. The summed E-state index contributed by atoms with van der Waals surface area (Å²) >= 11 is 0. The smallest absolute Gasteiger partial charge is 0.393 e. The van der Waals surface area contributed by atoms with Gasteiger partial charge in [0.15, 0.2) is 0 Å². The highest BCUT2D eigenvalue weighted by molar-refractivity contribution is 5.54. The van der Waals surface area contributed by atoms with Crippen molar-refractivity contribution in [3.05, 3.63) is 35.7 Å². The first-order valence-electron chi connectivity index (χ1n) is 7.32. The molecule has 0 unspecified atom stereocenters. The van der Waals surface area contributed by atoms with Crippen LogP contribution in [0.4, 0.5) is 13.2 Å². The third-order valence-electron chi connectivity index (χ3n) is 3.85. The summed E-state index contributed by atoms with van der Waals surface area (Å²) in [6, 6.07) is 4.65. The Labute approximate surface area is 130 Å². The molecular weight excluding hydrogens is 311 g/mol. The topological polar surface area (TPSA) is 62.4 Å². The minimum Gasteiger partial charge on any atom is -0.393 e. The second kappa shape index (κ2) is 6.29. The van der Waals surface area contributed by atoms with E-state index in [0.29, 0.717) is 30.8 Å². The lowest BCUT2D eigenvalue weighted by Gasteiger charge is -2.27. The SMILES string of the molecule is OC1CCN(Cc2nc(-c3ccc(C(F)(F)F)cc3)no2)CC1. The average molecular weight is 327 g/mol. The summed E-state index contributed by atoms with van der Waals surface area (Å²) in [5, 5.41) is 13.3. The summed E-state index contributed by atoms with van der Waals surface area (Å²) in [4.78, 5) is 6.32. The van der Waals surface area contributed by atoms with Gasteiger partial charge in [-0.2, -0.15) is 18.2 Å². The number of aromatic nitrogens is 2. The normalized spacial score (nSPS) is 17.6.